The number of sulfone groups is 1. The molecule has 10 heteroatoms. The Bertz CT molecular complexity index is 1340. The molecule has 0 fully saturated rings. The average molecular weight is 425 g/mol. The minimum absolute atomic E-state index is 0.227. The molecular formula is C20H16FN5O3S. The molecule has 0 aliphatic carbocycles. The Morgan fingerprint density at radius 1 is 1.03 bits per heavy atom. The molecule has 2 aromatic heterocycles. The highest BCUT2D eigenvalue weighted by Crippen LogP contribution is 2.34. The number of rotatable bonds is 5. The van der Waals surface area contributed by atoms with Gasteiger partial charge in [0.1, 0.15) is 28.6 Å². The van der Waals surface area contributed by atoms with Crippen LogP contribution in [0.1, 0.15) is 5.69 Å². The van der Waals surface area contributed by atoms with E-state index >= 15 is 0 Å². The molecule has 0 amide bonds. The Balaban J connectivity index is 1.75. The van der Waals surface area contributed by atoms with E-state index in [0.29, 0.717) is 22.5 Å². The Kier molecular flexibility index (Phi) is 5.00. The van der Waals surface area contributed by atoms with Crippen LogP contribution in [0.15, 0.2) is 60.0 Å². The van der Waals surface area contributed by atoms with Gasteiger partial charge in [-0.25, -0.2) is 27.8 Å². The van der Waals surface area contributed by atoms with Gasteiger partial charge in [-0.15, -0.1) is 0 Å². The largest absolute Gasteiger partial charge is 0.453 e. The summed E-state index contributed by atoms with van der Waals surface area (Å²) in [6.07, 6.45) is 5.57. The van der Waals surface area contributed by atoms with Crippen molar-refractivity contribution in [2.45, 2.75) is 11.8 Å². The van der Waals surface area contributed by atoms with Crippen LogP contribution in [0.5, 0.6) is 11.5 Å². The number of ether oxygens (including phenoxy) is 1. The van der Waals surface area contributed by atoms with Gasteiger partial charge in [0.2, 0.25) is 0 Å². The zero-order chi connectivity index (χ0) is 21.3. The van der Waals surface area contributed by atoms with E-state index < -0.39 is 15.7 Å². The predicted octanol–water partition coefficient (Wildman–Crippen LogP) is 3.81. The van der Waals surface area contributed by atoms with Crippen LogP contribution in [0.25, 0.3) is 10.9 Å². The molecule has 152 valence electrons. The molecule has 2 heterocycles. The molecule has 30 heavy (non-hydrogen) atoms. The van der Waals surface area contributed by atoms with Crippen LogP contribution in [0.4, 0.5) is 16.0 Å². The van der Waals surface area contributed by atoms with Crippen molar-refractivity contribution < 1.29 is 17.5 Å². The van der Waals surface area contributed by atoms with E-state index in [0.717, 1.165) is 18.0 Å². The first-order valence-corrected chi connectivity index (χ1v) is 10.7. The molecule has 0 aliphatic heterocycles. The summed E-state index contributed by atoms with van der Waals surface area (Å²) < 4.78 is 44.0. The Morgan fingerprint density at radius 2 is 1.87 bits per heavy atom. The van der Waals surface area contributed by atoms with Crippen molar-refractivity contribution in [3.63, 3.8) is 0 Å². The highest BCUT2D eigenvalue weighted by molar-refractivity contribution is 7.90. The van der Waals surface area contributed by atoms with Gasteiger partial charge in [0, 0.05) is 11.6 Å². The molecule has 0 saturated heterocycles. The molecule has 0 radical (unpaired) electrons. The average Bonchev–Trinajstić information content (AvgIpc) is 2.71. The van der Waals surface area contributed by atoms with Crippen molar-refractivity contribution >= 4 is 32.4 Å². The Labute approximate surface area is 171 Å². The highest BCUT2D eigenvalue weighted by atomic mass is 32.2. The maximum atomic E-state index is 14.3. The van der Waals surface area contributed by atoms with E-state index in [1.165, 1.54) is 18.5 Å². The number of benzene rings is 2. The lowest BCUT2D eigenvalue weighted by Crippen LogP contribution is -2.02. The molecule has 0 spiro atoms. The monoisotopic (exact) mass is 425 g/mol. The van der Waals surface area contributed by atoms with E-state index in [-0.39, 0.29) is 16.4 Å². The first kappa shape index (κ1) is 19.6. The van der Waals surface area contributed by atoms with Crippen molar-refractivity contribution in [1.29, 1.82) is 0 Å². The lowest BCUT2D eigenvalue weighted by Gasteiger charge is -2.12. The molecular weight excluding hydrogens is 409 g/mol. The van der Waals surface area contributed by atoms with Gasteiger partial charge in [-0.05, 0) is 37.3 Å². The zero-order valence-corrected chi connectivity index (χ0v) is 16.8. The highest BCUT2D eigenvalue weighted by Gasteiger charge is 2.19. The number of aryl methyl sites for hydroxylation is 1. The second kappa shape index (κ2) is 7.64. The third kappa shape index (κ3) is 4.03. The Hall–Kier alpha value is -3.66. The summed E-state index contributed by atoms with van der Waals surface area (Å²) in [6.45, 7) is 1.83. The lowest BCUT2D eigenvalue weighted by atomic mass is 10.2. The first-order chi connectivity index (χ1) is 14.3. The summed E-state index contributed by atoms with van der Waals surface area (Å²) in [7, 11) is -3.69. The van der Waals surface area contributed by atoms with E-state index in [1.807, 2.05) is 6.92 Å². The van der Waals surface area contributed by atoms with Crippen molar-refractivity contribution in [3.05, 3.63) is 66.6 Å². The van der Waals surface area contributed by atoms with Gasteiger partial charge >= 0.3 is 0 Å². The van der Waals surface area contributed by atoms with Crippen LogP contribution in [0.2, 0.25) is 0 Å². The number of nitrogens with one attached hydrogen (secondary N) is 1. The summed E-state index contributed by atoms with van der Waals surface area (Å²) in [6, 6.07) is 8.58. The minimum atomic E-state index is -3.69. The van der Waals surface area contributed by atoms with Gasteiger partial charge in [0.05, 0.1) is 23.6 Å². The molecule has 2 aromatic carbocycles. The topological polar surface area (TPSA) is 107 Å². The van der Waals surface area contributed by atoms with Crippen molar-refractivity contribution in [3.8, 4) is 11.5 Å². The summed E-state index contributed by atoms with van der Waals surface area (Å²) in [5.74, 6) is 0.0110. The maximum absolute atomic E-state index is 14.3. The SMILES string of the molecule is Cc1cnc(Nc2ncnc3ccc(Oc4c(F)cccc4S(C)(=O)=O)cc23)cn1. The van der Waals surface area contributed by atoms with E-state index in [9.17, 15) is 12.8 Å². The van der Waals surface area contributed by atoms with Crippen LogP contribution in [0.3, 0.4) is 0 Å². The second-order valence-corrected chi connectivity index (χ2v) is 8.49. The van der Waals surface area contributed by atoms with Gasteiger partial charge in [0.15, 0.2) is 21.4 Å². The molecule has 0 unspecified atom stereocenters. The predicted molar refractivity (Wildman–Crippen MR) is 109 cm³/mol. The summed E-state index contributed by atoms with van der Waals surface area (Å²) in [5.41, 5.74) is 1.38. The van der Waals surface area contributed by atoms with Gasteiger partial charge in [-0.1, -0.05) is 6.07 Å². The van der Waals surface area contributed by atoms with Crippen molar-refractivity contribution in [2.75, 3.05) is 11.6 Å². The van der Waals surface area contributed by atoms with Crippen LogP contribution in [-0.2, 0) is 9.84 Å². The summed E-state index contributed by atoms with van der Waals surface area (Å²) >= 11 is 0. The number of fused-ring (bicyclic) bond motifs is 1. The number of anilines is 2. The molecule has 4 aromatic rings. The molecule has 0 saturated carbocycles. The van der Waals surface area contributed by atoms with E-state index in [4.69, 9.17) is 4.74 Å². The summed E-state index contributed by atoms with van der Waals surface area (Å²) in [4.78, 5) is 16.6. The number of hydrogen-bond acceptors (Lipinski definition) is 8. The molecule has 4 rings (SSSR count). The standard InChI is InChI=1S/C20H16FN5O3S/c1-12-9-23-18(10-22-12)26-20-14-8-13(6-7-16(14)24-11-25-20)29-19-15(21)4-3-5-17(19)30(2,27)28/h3-11H,1-2H3,(H,23,24,25,26). The van der Waals surface area contributed by atoms with Gasteiger partial charge in [-0.3, -0.25) is 4.98 Å². The number of aromatic nitrogens is 4. The van der Waals surface area contributed by atoms with Crippen molar-refractivity contribution in [2.24, 2.45) is 0 Å². The third-order valence-electron chi connectivity index (χ3n) is 4.18. The number of para-hydroxylation sites is 1. The maximum Gasteiger partial charge on any atom is 0.181 e. The zero-order valence-electron chi connectivity index (χ0n) is 16.0. The quantitative estimate of drug-likeness (QED) is 0.514. The molecule has 8 nitrogen and oxygen atoms in total. The summed E-state index contributed by atoms with van der Waals surface area (Å²) in [5, 5.41) is 3.64. The number of nitrogens with zero attached hydrogens (tertiary/aromatic N) is 4. The fourth-order valence-electron chi connectivity index (χ4n) is 2.78. The minimum Gasteiger partial charge on any atom is -0.453 e. The normalized spacial score (nSPS) is 11.4. The third-order valence-corrected chi connectivity index (χ3v) is 5.30. The lowest BCUT2D eigenvalue weighted by molar-refractivity contribution is 0.428. The Morgan fingerprint density at radius 3 is 2.60 bits per heavy atom. The van der Waals surface area contributed by atoms with Crippen LogP contribution in [-0.4, -0.2) is 34.6 Å². The fourth-order valence-corrected chi connectivity index (χ4v) is 3.58. The van der Waals surface area contributed by atoms with E-state index in [1.54, 1.807) is 30.6 Å². The first-order valence-electron chi connectivity index (χ1n) is 8.78. The number of halogens is 1. The van der Waals surface area contributed by atoms with Crippen LogP contribution < -0.4 is 10.1 Å². The molecule has 0 atom stereocenters. The smallest absolute Gasteiger partial charge is 0.181 e. The van der Waals surface area contributed by atoms with Gasteiger partial charge in [-0.2, -0.15) is 0 Å². The molecule has 0 bridgehead atoms. The number of hydrogen-bond donors (Lipinski definition) is 1. The fraction of sp³-hybridized carbons (Fsp3) is 0.100. The van der Waals surface area contributed by atoms with E-state index in [2.05, 4.69) is 25.3 Å². The molecule has 0 aliphatic rings. The van der Waals surface area contributed by atoms with Gasteiger partial charge < -0.3 is 10.1 Å². The van der Waals surface area contributed by atoms with Gasteiger partial charge in [0.25, 0.3) is 0 Å². The van der Waals surface area contributed by atoms with Crippen LogP contribution >= 0.6 is 0 Å². The van der Waals surface area contributed by atoms with Crippen LogP contribution in [0, 0.1) is 12.7 Å². The molecule has 1 N–H and O–H groups in total. The second-order valence-electron chi connectivity index (χ2n) is 6.51. The van der Waals surface area contributed by atoms with Crippen molar-refractivity contribution in [1.82, 2.24) is 19.9 Å².